The van der Waals surface area contributed by atoms with E-state index in [1.165, 1.54) is 0 Å². The van der Waals surface area contributed by atoms with E-state index in [0.717, 1.165) is 19.3 Å². The Kier molecular flexibility index (Phi) is 40.6. The number of nitrogens with zero attached hydrogens (tertiary/aromatic N) is 1. The Balaban J connectivity index is -0.000000135. The SMILES string of the molecule is C[B]CN(C[B]C)C[B]C.[Y].[Y].[Y]. The summed E-state index contributed by atoms with van der Waals surface area (Å²) in [5.41, 5.74) is 0. The van der Waals surface area contributed by atoms with Gasteiger partial charge in [0.1, 0.15) is 21.8 Å². The van der Waals surface area contributed by atoms with Gasteiger partial charge in [-0.05, 0) is 19.3 Å². The fraction of sp³-hybridized carbons (Fsp3) is 1.00. The summed E-state index contributed by atoms with van der Waals surface area (Å²) in [6.07, 6.45) is 3.28. The standard InChI is InChI=1S/C6H15B3N.3Y/c1-7-4-10(5-8-2)6-9-3;;;/h4-6H2,1-3H3;;;. The third kappa shape index (κ3) is 18.0. The second-order valence-electron chi connectivity index (χ2n) is 2.44. The van der Waals surface area contributed by atoms with E-state index in [9.17, 15) is 0 Å². The minimum Gasteiger partial charge on any atom is -0.327 e. The van der Waals surface area contributed by atoms with Crippen LogP contribution < -0.4 is 0 Å². The molecule has 0 saturated carbocycles. The molecule has 0 aliphatic carbocycles. The summed E-state index contributed by atoms with van der Waals surface area (Å²) < 4.78 is 0. The average Bonchev–Trinajstić information content (AvgIpc) is 1.90. The minimum atomic E-state index is 0. The normalized spacial score (nSPS) is 7.38. The van der Waals surface area contributed by atoms with Gasteiger partial charge in [0, 0.05) is 98.1 Å². The van der Waals surface area contributed by atoms with E-state index in [2.05, 4.69) is 47.2 Å². The minimum absolute atomic E-state index is 0. The van der Waals surface area contributed by atoms with E-state index < -0.39 is 0 Å². The van der Waals surface area contributed by atoms with Crippen molar-refractivity contribution < 1.29 is 98.1 Å². The van der Waals surface area contributed by atoms with Crippen LogP contribution in [0.15, 0.2) is 0 Å². The zero-order valence-corrected chi connectivity index (χ0v) is 17.5. The molecular formula is C6H15B3NY3. The van der Waals surface area contributed by atoms with Crippen molar-refractivity contribution in [1.29, 1.82) is 0 Å². The first-order chi connectivity index (χ1) is 4.85. The number of rotatable bonds is 6. The molecule has 0 spiro atoms. The van der Waals surface area contributed by atoms with Gasteiger partial charge in [-0.2, -0.15) is 0 Å². The Hall–Kier alpha value is 3.47. The number of hydrogen-bond donors (Lipinski definition) is 0. The van der Waals surface area contributed by atoms with Gasteiger partial charge in [-0.25, -0.2) is 0 Å². The predicted octanol–water partition coefficient (Wildman–Crippen LogP) is 0.410. The molecule has 0 rings (SSSR count). The summed E-state index contributed by atoms with van der Waals surface area (Å²) in [6.45, 7) is 6.29. The maximum absolute atomic E-state index is 2.38. The van der Waals surface area contributed by atoms with Gasteiger partial charge < -0.3 is 4.90 Å². The van der Waals surface area contributed by atoms with Crippen LogP contribution >= 0.6 is 0 Å². The van der Waals surface area contributed by atoms with Crippen molar-refractivity contribution in [1.82, 2.24) is 4.90 Å². The van der Waals surface area contributed by atoms with Gasteiger partial charge in [-0.3, -0.25) is 0 Å². The molecule has 0 aliphatic heterocycles. The van der Waals surface area contributed by atoms with Crippen LogP contribution in [0.4, 0.5) is 0 Å². The fourth-order valence-corrected chi connectivity index (χ4v) is 0.998. The van der Waals surface area contributed by atoms with E-state index in [1.807, 2.05) is 0 Å². The van der Waals surface area contributed by atoms with Gasteiger partial charge in [-0.15, -0.1) is 0 Å². The second-order valence-corrected chi connectivity index (χ2v) is 2.44. The van der Waals surface area contributed by atoms with E-state index >= 15 is 0 Å². The summed E-state index contributed by atoms with van der Waals surface area (Å²) in [7, 11) is 6.56. The van der Waals surface area contributed by atoms with Crippen LogP contribution in [0, 0.1) is 0 Å². The van der Waals surface area contributed by atoms with E-state index in [-0.39, 0.29) is 98.1 Å². The largest absolute Gasteiger partial charge is 0.327 e. The quantitative estimate of drug-likeness (QED) is 0.584. The Bertz CT molecular complexity index is 65.9. The maximum Gasteiger partial charge on any atom is 0.125 e. The zero-order valence-electron chi connectivity index (χ0n) is 9.03. The van der Waals surface area contributed by atoms with Crippen LogP contribution in [-0.2, 0) is 98.1 Å². The first-order valence-electron chi connectivity index (χ1n) is 3.91. The molecule has 0 amide bonds. The van der Waals surface area contributed by atoms with Crippen molar-refractivity contribution in [3.05, 3.63) is 0 Å². The summed E-state index contributed by atoms with van der Waals surface area (Å²) in [5, 5.41) is 0. The molecule has 62 valence electrons. The van der Waals surface area contributed by atoms with Crippen molar-refractivity contribution in [3.8, 4) is 0 Å². The van der Waals surface area contributed by atoms with Crippen LogP contribution in [0.5, 0.6) is 0 Å². The molecule has 1 nitrogen and oxygen atoms in total. The van der Waals surface area contributed by atoms with Crippen LogP contribution in [-0.4, -0.2) is 46.1 Å². The molecule has 0 aromatic heterocycles. The molecule has 0 heterocycles. The van der Waals surface area contributed by atoms with Gasteiger partial charge in [-0.1, -0.05) is 20.5 Å². The van der Waals surface area contributed by atoms with Crippen molar-refractivity contribution in [2.75, 3.05) is 19.3 Å². The molecule has 0 atom stereocenters. The van der Waals surface area contributed by atoms with Crippen LogP contribution in [0.25, 0.3) is 0 Å². The molecule has 0 N–H and O–H groups in total. The van der Waals surface area contributed by atoms with E-state index in [4.69, 9.17) is 0 Å². The summed E-state index contributed by atoms with van der Waals surface area (Å²) in [6, 6.07) is 0. The molecule has 0 unspecified atom stereocenters. The predicted molar refractivity (Wildman–Crippen MR) is 51.3 cm³/mol. The third-order valence-electron chi connectivity index (χ3n) is 1.32. The topological polar surface area (TPSA) is 3.24 Å². The molecule has 0 saturated heterocycles. The first-order valence-corrected chi connectivity index (χ1v) is 3.91. The van der Waals surface area contributed by atoms with E-state index in [0.29, 0.717) is 0 Å². The first kappa shape index (κ1) is 25.3. The van der Waals surface area contributed by atoms with Crippen molar-refractivity contribution >= 4 is 21.8 Å². The monoisotopic (exact) mass is 401 g/mol. The second kappa shape index (κ2) is 20.8. The molecule has 0 fully saturated rings. The molecular weight excluding hydrogens is 385 g/mol. The Morgan fingerprint density at radius 1 is 0.692 bits per heavy atom. The molecule has 13 heavy (non-hydrogen) atoms. The molecule has 0 aromatic carbocycles. The summed E-state index contributed by atoms with van der Waals surface area (Å²) >= 11 is 0. The van der Waals surface area contributed by atoms with Gasteiger partial charge in [0.15, 0.2) is 0 Å². The van der Waals surface area contributed by atoms with Crippen molar-refractivity contribution in [2.24, 2.45) is 0 Å². The summed E-state index contributed by atoms with van der Waals surface area (Å²) in [4.78, 5) is 2.38. The Labute approximate surface area is 161 Å². The fourth-order valence-electron chi connectivity index (χ4n) is 0.998. The zero-order chi connectivity index (χ0) is 7.82. The van der Waals surface area contributed by atoms with Crippen molar-refractivity contribution in [3.63, 3.8) is 0 Å². The number of hydrogen-bond acceptors (Lipinski definition) is 1. The molecule has 0 bridgehead atoms. The third-order valence-corrected chi connectivity index (χ3v) is 1.32. The average molecular weight is 400 g/mol. The van der Waals surface area contributed by atoms with Gasteiger partial charge in [0.2, 0.25) is 0 Å². The maximum atomic E-state index is 2.38. The smallest absolute Gasteiger partial charge is 0.125 e. The van der Waals surface area contributed by atoms with Crippen LogP contribution in [0.2, 0.25) is 20.5 Å². The van der Waals surface area contributed by atoms with Crippen molar-refractivity contribution in [2.45, 2.75) is 20.5 Å². The Morgan fingerprint density at radius 2 is 0.923 bits per heavy atom. The van der Waals surface area contributed by atoms with E-state index in [1.54, 1.807) is 0 Å². The van der Waals surface area contributed by atoms with Crippen LogP contribution in [0.3, 0.4) is 0 Å². The van der Waals surface area contributed by atoms with Gasteiger partial charge in [0.05, 0.1) is 0 Å². The molecule has 6 radical (unpaired) electrons. The van der Waals surface area contributed by atoms with Gasteiger partial charge in [0.25, 0.3) is 0 Å². The molecule has 0 aromatic rings. The molecule has 7 heteroatoms. The Morgan fingerprint density at radius 3 is 1.08 bits per heavy atom. The molecule has 0 aliphatic rings. The van der Waals surface area contributed by atoms with Gasteiger partial charge >= 0.3 is 0 Å². The van der Waals surface area contributed by atoms with Crippen LogP contribution in [0.1, 0.15) is 0 Å². The summed E-state index contributed by atoms with van der Waals surface area (Å²) in [5.74, 6) is 0.